The molecule has 12 heavy (non-hydrogen) atoms. The van der Waals surface area contributed by atoms with Crippen LogP contribution in [0.4, 0.5) is 5.69 Å². The summed E-state index contributed by atoms with van der Waals surface area (Å²) in [6.45, 7) is 1.88. The minimum Gasteiger partial charge on any atom is -0.606 e. The van der Waals surface area contributed by atoms with Crippen LogP contribution in [0.3, 0.4) is 0 Å². The highest BCUT2D eigenvalue weighted by atomic mass is 16.6. The Morgan fingerprint density at radius 3 is 2.83 bits per heavy atom. The third-order valence-electron chi connectivity index (χ3n) is 2.54. The van der Waals surface area contributed by atoms with Crippen molar-refractivity contribution in [1.82, 2.24) is 4.76 Å². The summed E-state index contributed by atoms with van der Waals surface area (Å²) in [6.07, 6.45) is 0.788. The highest BCUT2D eigenvalue weighted by Crippen LogP contribution is 2.34. The van der Waals surface area contributed by atoms with Crippen LogP contribution in [-0.2, 0) is 6.42 Å². The van der Waals surface area contributed by atoms with Crippen molar-refractivity contribution in [3.05, 3.63) is 35.0 Å². The lowest BCUT2D eigenvalue weighted by Gasteiger charge is -2.36. The van der Waals surface area contributed by atoms with E-state index in [-0.39, 0.29) is 6.04 Å². The number of para-hydroxylation sites is 1. The normalized spacial score (nSPS) is 33.4. The van der Waals surface area contributed by atoms with Crippen LogP contribution < -0.4 is 10.6 Å². The summed E-state index contributed by atoms with van der Waals surface area (Å²) in [7, 11) is 0. The summed E-state index contributed by atoms with van der Waals surface area (Å²) >= 11 is 0. The second-order valence-electron chi connectivity index (χ2n) is 3.39. The molecular weight excluding hydrogens is 152 g/mol. The number of nitrogens with two attached hydrogens (primary N) is 1. The lowest BCUT2D eigenvalue weighted by atomic mass is 10.1. The van der Waals surface area contributed by atoms with Gasteiger partial charge in [-0.3, -0.25) is 0 Å². The molecule has 0 aromatic heterocycles. The minimum atomic E-state index is -0.712. The number of benzene rings is 1. The molecule has 0 radical (unpaired) electrons. The molecule has 1 aromatic rings. The largest absolute Gasteiger partial charge is 0.606 e. The minimum absolute atomic E-state index is 0.0533. The zero-order chi connectivity index (χ0) is 8.77. The van der Waals surface area contributed by atoms with Gasteiger partial charge in [0.25, 0.3) is 0 Å². The van der Waals surface area contributed by atoms with E-state index in [0.29, 0.717) is 5.69 Å². The predicted molar refractivity (Wildman–Crippen MR) is 49.0 cm³/mol. The Bertz CT molecular complexity index is 309. The van der Waals surface area contributed by atoms with Gasteiger partial charge >= 0.3 is 0 Å². The fourth-order valence-corrected chi connectivity index (χ4v) is 1.72. The Morgan fingerprint density at radius 2 is 2.17 bits per heavy atom. The van der Waals surface area contributed by atoms with Crippen molar-refractivity contribution in [2.45, 2.75) is 19.4 Å². The molecule has 0 amide bonds. The van der Waals surface area contributed by atoms with Crippen molar-refractivity contribution < 1.29 is 0 Å². The average molecular weight is 164 g/mol. The van der Waals surface area contributed by atoms with Gasteiger partial charge in [-0.25, -0.2) is 4.76 Å². The van der Waals surface area contributed by atoms with Crippen LogP contribution in [0.1, 0.15) is 12.5 Å². The van der Waals surface area contributed by atoms with Crippen LogP contribution in [0.2, 0.25) is 0 Å². The molecule has 64 valence electrons. The Morgan fingerprint density at radius 1 is 1.50 bits per heavy atom. The zero-order valence-corrected chi connectivity index (χ0v) is 7.03. The number of hydrogen-bond acceptors (Lipinski definition) is 2. The zero-order valence-electron chi connectivity index (χ0n) is 7.03. The van der Waals surface area contributed by atoms with Gasteiger partial charge in [0.1, 0.15) is 6.04 Å². The molecule has 1 heterocycles. The van der Waals surface area contributed by atoms with Gasteiger partial charge in [-0.05, 0) is 6.92 Å². The fourth-order valence-electron chi connectivity index (χ4n) is 1.72. The van der Waals surface area contributed by atoms with Crippen molar-refractivity contribution in [2.75, 3.05) is 0 Å². The first-order chi connectivity index (χ1) is 5.62. The molecule has 2 unspecified atom stereocenters. The first kappa shape index (κ1) is 7.73. The van der Waals surface area contributed by atoms with Crippen molar-refractivity contribution in [1.29, 1.82) is 0 Å². The smallest absolute Gasteiger partial charge is 0.155 e. The summed E-state index contributed by atoms with van der Waals surface area (Å²) in [6, 6.07) is 7.52. The van der Waals surface area contributed by atoms with Crippen LogP contribution in [0, 0.1) is 5.21 Å². The van der Waals surface area contributed by atoms with Crippen LogP contribution in [0.5, 0.6) is 0 Å². The number of quaternary nitrogens is 1. The highest BCUT2D eigenvalue weighted by Gasteiger charge is 2.34. The van der Waals surface area contributed by atoms with Crippen molar-refractivity contribution in [3.63, 3.8) is 0 Å². The highest BCUT2D eigenvalue weighted by molar-refractivity contribution is 5.55. The topological polar surface area (TPSA) is 49.1 Å². The monoisotopic (exact) mass is 164 g/mol. The van der Waals surface area contributed by atoms with E-state index in [9.17, 15) is 5.21 Å². The van der Waals surface area contributed by atoms with E-state index >= 15 is 0 Å². The number of hydroxylamine groups is 1. The summed E-state index contributed by atoms with van der Waals surface area (Å²) in [5.41, 5.74) is 1.80. The molecule has 0 bridgehead atoms. The van der Waals surface area contributed by atoms with Gasteiger partial charge in [-0.15, -0.1) is 0 Å². The van der Waals surface area contributed by atoms with Gasteiger partial charge < -0.3 is 5.21 Å². The van der Waals surface area contributed by atoms with Crippen LogP contribution in [0.15, 0.2) is 24.3 Å². The molecular formula is C9H12N2O. The van der Waals surface area contributed by atoms with Crippen molar-refractivity contribution in [2.24, 2.45) is 5.84 Å². The summed E-state index contributed by atoms with van der Waals surface area (Å²) < 4.78 is -0.712. The fraction of sp³-hybridized carbons (Fsp3) is 0.333. The summed E-state index contributed by atoms with van der Waals surface area (Å²) in [5, 5.41) is 11.8. The molecule has 2 N–H and O–H groups in total. The van der Waals surface area contributed by atoms with Gasteiger partial charge in [-0.1, -0.05) is 18.2 Å². The van der Waals surface area contributed by atoms with E-state index in [0.717, 1.165) is 12.0 Å². The molecule has 3 heteroatoms. The van der Waals surface area contributed by atoms with Gasteiger partial charge in [-0.2, -0.15) is 5.84 Å². The Kier molecular flexibility index (Phi) is 1.48. The first-order valence-electron chi connectivity index (χ1n) is 4.09. The maximum atomic E-state index is 11.8. The molecule has 0 saturated heterocycles. The van der Waals surface area contributed by atoms with E-state index in [1.807, 2.05) is 31.2 Å². The van der Waals surface area contributed by atoms with E-state index in [4.69, 9.17) is 5.84 Å². The summed E-state index contributed by atoms with van der Waals surface area (Å²) in [4.78, 5) is 0. The number of fused-ring (bicyclic) bond motifs is 1. The third kappa shape index (κ3) is 0.876. The molecule has 0 saturated carbocycles. The van der Waals surface area contributed by atoms with Crippen molar-refractivity contribution in [3.8, 4) is 0 Å². The third-order valence-corrected chi connectivity index (χ3v) is 2.54. The first-order valence-corrected chi connectivity index (χ1v) is 4.09. The maximum absolute atomic E-state index is 11.8. The molecule has 1 aliphatic heterocycles. The maximum Gasteiger partial charge on any atom is 0.155 e. The predicted octanol–water partition coefficient (Wildman–Crippen LogP) is 1.31. The molecule has 0 spiro atoms. The molecule has 1 aromatic carbocycles. The van der Waals surface area contributed by atoms with Crippen LogP contribution in [-0.4, -0.2) is 6.04 Å². The van der Waals surface area contributed by atoms with Crippen LogP contribution >= 0.6 is 0 Å². The molecule has 3 nitrogen and oxygen atoms in total. The lowest BCUT2D eigenvalue weighted by Crippen LogP contribution is -2.54. The Hall–Kier alpha value is -0.900. The van der Waals surface area contributed by atoms with E-state index in [1.165, 1.54) is 0 Å². The number of rotatable bonds is 0. The lowest BCUT2D eigenvalue weighted by molar-refractivity contribution is 0.327. The van der Waals surface area contributed by atoms with Crippen molar-refractivity contribution >= 4 is 5.69 Å². The van der Waals surface area contributed by atoms with E-state index in [2.05, 4.69) is 0 Å². The Labute approximate surface area is 71.5 Å². The standard InChI is InChI=1S/C9H12N2O/c1-7-6-8-4-2-3-5-9(8)11(7,10)12/h2-5,7H,6,10H2,1H3. The van der Waals surface area contributed by atoms with Crippen LogP contribution in [0.25, 0.3) is 0 Å². The molecule has 2 atom stereocenters. The van der Waals surface area contributed by atoms with Gasteiger partial charge in [0, 0.05) is 18.1 Å². The SMILES string of the molecule is CC1Cc2ccccc2[N+]1(N)[O-]. The van der Waals surface area contributed by atoms with Gasteiger partial charge in [0.2, 0.25) is 0 Å². The Balaban J connectivity index is 2.55. The molecule has 1 aliphatic rings. The summed E-state index contributed by atoms with van der Waals surface area (Å²) in [5.74, 6) is 5.61. The average Bonchev–Trinajstić information content (AvgIpc) is 2.25. The molecule has 0 fully saturated rings. The van der Waals surface area contributed by atoms with Gasteiger partial charge in [0.05, 0.1) is 0 Å². The number of nitrogens with zero attached hydrogens (tertiary/aromatic N) is 1. The second-order valence-corrected chi connectivity index (χ2v) is 3.39. The quantitative estimate of drug-likeness (QED) is 0.357. The van der Waals surface area contributed by atoms with Gasteiger partial charge in [0.15, 0.2) is 5.69 Å². The second kappa shape index (κ2) is 2.29. The number of hydrogen-bond donors (Lipinski definition) is 1. The van der Waals surface area contributed by atoms with E-state index in [1.54, 1.807) is 0 Å². The molecule has 2 rings (SSSR count). The van der Waals surface area contributed by atoms with E-state index < -0.39 is 4.76 Å². The molecule has 0 aliphatic carbocycles.